The minimum atomic E-state index is -0.733. The maximum atomic E-state index is 11.8. The van der Waals surface area contributed by atoms with Crippen LogP contribution < -0.4 is 5.32 Å². The lowest BCUT2D eigenvalue weighted by molar-refractivity contribution is -0.154. The predicted molar refractivity (Wildman–Crippen MR) is 84.7 cm³/mol. The number of esters is 1. The van der Waals surface area contributed by atoms with Crippen molar-refractivity contribution in [3.05, 3.63) is 29.3 Å². The van der Waals surface area contributed by atoms with Crippen molar-refractivity contribution >= 4 is 33.4 Å². The molecule has 1 aromatic heterocycles. The Morgan fingerprint density at radius 3 is 2.91 bits per heavy atom. The van der Waals surface area contributed by atoms with Crippen LogP contribution in [0.4, 0.5) is 0 Å². The van der Waals surface area contributed by atoms with Gasteiger partial charge in [-0.2, -0.15) is 0 Å². The number of nitrogens with one attached hydrogen (secondary N) is 1. The maximum Gasteiger partial charge on any atom is 0.306 e. The second kappa shape index (κ2) is 6.44. The number of hydrogen-bond acceptors (Lipinski definition) is 5. The smallest absolute Gasteiger partial charge is 0.306 e. The molecule has 0 spiro atoms. The molecule has 1 aliphatic carbocycles. The summed E-state index contributed by atoms with van der Waals surface area (Å²) in [5.74, 6) is -0.575. The zero-order valence-corrected chi connectivity index (χ0v) is 13.2. The molecule has 22 heavy (non-hydrogen) atoms. The van der Waals surface area contributed by atoms with Gasteiger partial charge in [0.25, 0.3) is 5.91 Å². The fraction of sp³-hybridized carbons (Fsp3) is 0.438. The second-order valence-electron chi connectivity index (χ2n) is 5.49. The first kappa shape index (κ1) is 15.0. The number of amides is 1. The molecule has 3 rings (SSSR count). The molecule has 0 saturated heterocycles. The van der Waals surface area contributed by atoms with Crippen molar-refractivity contribution in [3.8, 4) is 0 Å². The lowest BCUT2D eigenvalue weighted by Gasteiger charge is -2.12. The molecule has 1 N–H and O–H groups in total. The Morgan fingerprint density at radius 1 is 1.41 bits per heavy atom. The second-order valence-corrected chi connectivity index (χ2v) is 6.61. The third kappa shape index (κ3) is 3.82. The number of rotatable bonds is 6. The third-order valence-corrected chi connectivity index (χ3v) is 4.58. The highest BCUT2D eigenvalue weighted by atomic mass is 32.1. The van der Waals surface area contributed by atoms with Gasteiger partial charge in [0.15, 0.2) is 6.10 Å². The minimum absolute atomic E-state index is 0.212. The van der Waals surface area contributed by atoms with E-state index in [1.807, 2.05) is 24.3 Å². The molecule has 116 valence electrons. The predicted octanol–water partition coefficient (Wildman–Crippen LogP) is 2.44. The zero-order valence-electron chi connectivity index (χ0n) is 12.4. The molecular weight excluding hydrogens is 300 g/mol. The fourth-order valence-corrected chi connectivity index (χ4v) is 3.06. The molecule has 1 heterocycles. The SMILES string of the molecule is CC(OC(=O)CCc1nc2ccccc2s1)C(=O)NC1CC1. The molecule has 0 aliphatic heterocycles. The summed E-state index contributed by atoms with van der Waals surface area (Å²) in [5, 5.41) is 3.73. The van der Waals surface area contributed by atoms with Gasteiger partial charge in [0.1, 0.15) is 0 Å². The van der Waals surface area contributed by atoms with E-state index in [2.05, 4.69) is 10.3 Å². The molecule has 0 radical (unpaired) electrons. The zero-order chi connectivity index (χ0) is 15.5. The Morgan fingerprint density at radius 2 is 2.18 bits per heavy atom. The van der Waals surface area contributed by atoms with Crippen LogP contribution in [0, 0.1) is 0 Å². The summed E-state index contributed by atoms with van der Waals surface area (Å²) in [6.07, 6.45) is 2.08. The molecule has 1 atom stereocenters. The Balaban J connectivity index is 1.47. The number of para-hydroxylation sites is 1. The quantitative estimate of drug-likeness (QED) is 0.831. The fourth-order valence-electron chi connectivity index (χ4n) is 2.09. The van der Waals surface area contributed by atoms with Crippen LogP contribution in [0.3, 0.4) is 0 Å². The molecule has 1 fully saturated rings. The summed E-state index contributed by atoms with van der Waals surface area (Å²) in [7, 11) is 0. The summed E-state index contributed by atoms with van der Waals surface area (Å²) in [6, 6.07) is 8.16. The number of aromatic nitrogens is 1. The molecule has 2 aromatic rings. The van der Waals surface area contributed by atoms with Crippen molar-refractivity contribution in [2.24, 2.45) is 0 Å². The first-order valence-electron chi connectivity index (χ1n) is 7.46. The molecule has 6 heteroatoms. The normalized spacial score (nSPS) is 15.5. The molecule has 0 bridgehead atoms. The number of thiazole rings is 1. The lowest BCUT2D eigenvalue weighted by Crippen LogP contribution is -2.37. The van der Waals surface area contributed by atoms with E-state index in [1.165, 1.54) is 0 Å². The summed E-state index contributed by atoms with van der Waals surface area (Å²) >= 11 is 1.58. The Labute approximate surface area is 132 Å². The Bertz CT molecular complexity index is 661. The highest BCUT2D eigenvalue weighted by Gasteiger charge is 2.27. The largest absolute Gasteiger partial charge is 0.453 e. The third-order valence-electron chi connectivity index (χ3n) is 3.48. The summed E-state index contributed by atoms with van der Waals surface area (Å²) in [4.78, 5) is 28.0. The van der Waals surface area contributed by atoms with Crippen LogP contribution in [0.2, 0.25) is 0 Å². The average molecular weight is 318 g/mol. The van der Waals surface area contributed by atoms with Gasteiger partial charge in [0, 0.05) is 12.5 Å². The monoisotopic (exact) mass is 318 g/mol. The number of carbonyl (C=O) groups is 2. The van der Waals surface area contributed by atoms with Gasteiger partial charge >= 0.3 is 5.97 Å². The first-order valence-corrected chi connectivity index (χ1v) is 8.28. The highest BCUT2D eigenvalue weighted by molar-refractivity contribution is 7.18. The van der Waals surface area contributed by atoms with Gasteiger partial charge < -0.3 is 10.1 Å². The van der Waals surface area contributed by atoms with E-state index in [-0.39, 0.29) is 24.3 Å². The van der Waals surface area contributed by atoms with Gasteiger partial charge in [-0.3, -0.25) is 9.59 Å². The van der Waals surface area contributed by atoms with Crippen LogP contribution in [0.1, 0.15) is 31.2 Å². The van der Waals surface area contributed by atoms with Gasteiger partial charge in [-0.25, -0.2) is 4.98 Å². The van der Waals surface area contributed by atoms with Crippen molar-refractivity contribution in [1.82, 2.24) is 10.3 Å². The van der Waals surface area contributed by atoms with Gasteiger partial charge in [-0.15, -0.1) is 11.3 Å². The first-order chi connectivity index (χ1) is 10.6. The van der Waals surface area contributed by atoms with Crippen LogP contribution in [-0.2, 0) is 20.7 Å². The van der Waals surface area contributed by atoms with Crippen molar-refractivity contribution < 1.29 is 14.3 Å². The number of aryl methyl sites for hydroxylation is 1. The van der Waals surface area contributed by atoms with Crippen molar-refractivity contribution in [2.75, 3.05) is 0 Å². The van der Waals surface area contributed by atoms with E-state index in [4.69, 9.17) is 4.74 Å². The number of hydrogen-bond donors (Lipinski definition) is 1. The van der Waals surface area contributed by atoms with Gasteiger partial charge in [-0.05, 0) is 31.9 Å². The molecule has 1 amide bonds. The van der Waals surface area contributed by atoms with Crippen LogP contribution >= 0.6 is 11.3 Å². The van der Waals surface area contributed by atoms with E-state index in [1.54, 1.807) is 18.3 Å². The molecule has 5 nitrogen and oxygen atoms in total. The van der Waals surface area contributed by atoms with Crippen molar-refractivity contribution in [2.45, 2.75) is 44.8 Å². The Hall–Kier alpha value is -1.95. The highest BCUT2D eigenvalue weighted by Crippen LogP contribution is 2.22. The van der Waals surface area contributed by atoms with Gasteiger partial charge in [0.05, 0.1) is 21.6 Å². The number of fused-ring (bicyclic) bond motifs is 1. The van der Waals surface area contributed by atoms with Crippen LogP contribution in [0.15, 0.2) is 24.3 Å². The Kier molecular flexibility index (Phi) is 4.38. The minimum Gasteiger partial charge on any atom is -0.453 e. The number of nitrogens with zero attached hydrogens (tertiary/aromatic N) is 1. The van der Waals surface area contributed by atoms with E-state index in [9.17, 15) is 9.59 Å². The van der Waals surface area contributed by atoms with Crippen LogP contribution in [-0.4, -0.2) is 29.0 Å². The molecule has 1 saturated carbocycles. The standard InChI is InChI=1S/C16H18N2O3S/c1-10(16(20)17-11-6-7-11)21-15(19)9-8-14-18-12-4-2-3-5-13(12)22-14/h2-5,10-11H,6-9H2,1H3,(H,17,20). The number of benzene rings is 1. The van der Waals surface area contributed by atoms with Crippen LogP contribution in [0.25, 0.3) is 10.2 Å². The van der Waals surface area contributed by atoms with E-state index < -0.39 is 6.10 Å². The van der Waals surface area contributed by atoms with Crippen molar-refractivity contribution in [3.63, 3.8) is 0 Å². The molecule has 1 aromatic carbocycles. The summed E-state index contributed by atoms with van der Waals surface area (Å²) in [5.41, 5.74) is 0.952. The number of ether oxygens (including phenoxy) is 1. The molecule has 1 unspecified atom stereocenters. The molecule has 1 aliphatic rings. The van der Waals surface area contributed by atoms with E-state index in [0.29, 0.717) is 6.42 Å². The van der Waals surface area contributed by atoms with Gasteiger partial charge in [-0.1, -0.05) is 12.1 Å². The summed E-state index contributed by atoms with van der Waals surface area (Å²) in [6.45, 7) is 1.60. The van der Waals surface area contributed by atoms with E-state index >= 15 is 0 Å². The number of carbonyl (C=O) groups excluding carboxylic acids is 2. The topological polar surface area (TPSA) is 68.3 Å². The van der Waals surface area contributed by atoms with Crippen molar-refractivity contribution in [1.29, 1.82) is 0 Å². The summed E-state index contributed by atoms with van der Waals surface area (Å²) < 4.78 is 6.28. The molecular formula is C16H18N2O3S. The maximum absolute atomic E-state index is 11.8. The van der Waals surface area contributed by atoms with Crippen LogP contribution in [0.5, 0.6) is 0 Å². The van der Waals surface area contributed by atoms with E-state index in [0.717, 1.165) is 28.1 Å². The van der Waals surface area contributed by atoms with Gasteiger partial charge in [0.2, 0.25) is 0 Å². The lowest BCUT2D eigenvalue weighted by atomic mass is 10.3. The average Bonchev–Trinajstić information content (AvgIpc) is 3.21.